The highest BCUT2D eigenvalue weighted by Gasteiger charge is 2.42. The molecule has 0 radical (unpaired) electrons. The van der Waals surface area contributed by atoms with Gasteiger partial charge in [0.05, 0.1) is 14.2 Å². The molecule has 1 aliphatic carbocycles. The molecule has 2 aromatic rings. The number of ether oxygens (including phenoxy) is 2. The van der Waals surface area contributed by atoms with Crippen LogP contribution >= 0.6 is 0 Å². The highest BCUT2D eigenvalue weighted by Crippen LogP contribution is 2.51. The van der Waals surface area contributed by atoms with Crippen molar-refractivity contribution in [3.63, 3.8) is 0 Å². The number of benzene rings is 2. The summed E-state index contributed by atoms with van der Waals surface area (Å²) in [5.74, 6) is 1.13. The smallest absolute Gasteiger partial charge is 0.162 e. The maximum absolute atomic E-state index is 13.7. The molecule has 5 heteroatoms. The van der Waals surface area contributed by atoms with Gasteiger partial charge in [-0.05, 0) is 59.7 Å². The molecule has 166 valence electrons. The van der Waals surface area contributed by atoms with Gasteiger partial charge in [-0.3, -0.25) is 4.79 Å². The van der Waals surface area contributed by atoms with Crippen molar-refractivity contribution >= 4 is 11.5 Å². The van der Waals surface area contributed by atoms with E-state index in [1.165, 1.54) is 17.7 Å². The monoisotopic (exact) mass is 433 g/mol. The van der Waals surface area contributed by atoms with Crippen LogP contribution in [0.3, 0.4) is 0 Å². The zero-order valence-electron chi connectivity index (χ0n) is 19.0. The summed E-state index contributed by atoms with van der Waals surface area (Å²) in [7, 11) is 3.29. The van der Waals surface area contributed by atoms with Gasteiger partial charge in [0, 0.05) is 41.4 Å². The van der Waals surface area contributed by atoms with Gasteiger partial charge in [0.15, 0.2) is 17.3 Å². The van der Waals surface area contributed by atoms with E-state index in [1.54, 1.807) is 26.4 Å². The number of fused-ring (bicyclic) bond motifs is 4. The Labute approximate surface area is 188 Å². The third kappa shape index (κ3) is 3.31. The van der Waals surface area contributed by atoms with Gasteiger partial charge in [0.25, 0.3) is 0 Å². The van der Waals surface area contributed by atoms with Gasteiger partial charge < -0.3 is 14.4 Å². The van der Waals surface area contributed by atoms with Crippen LogP contribution in [-0.2, 0) is 11.2 Å². The number of methoxy groups -OCH3 is 2. The van der Waals surface area contributed by atoms with Crippen molar-refractivity contribution in [1.82, 2.24) is 4.90 Å². The lowest BCUT2D eigenvalue weighted by Crippen LogP contribution is -2.40. The number of nitrogens with zero attached hydrogens (tertiary/aromatic N) is 1. The molecule has 0 amide bonds. The predicted molar refractivity (Wildman–Crippen MR) is 122 cm³/mol. The molecule has 2 heterocycles. The van der Waals surface area contributed by atoms with Gasteiger partial charge in [-0.2, -0.15) is 0 Å². The van der Waals surface area contributed by atoms with Crippen LogP contribution in [0, 0.1) is 11.2 Å². The van der Waals surface area contributed by atoms with Crippen LogP contribution in [-0.4, -0.2) is 31.4 Å². The number of carbonyl (C=O) groups is 1. The minimum Gasteiger partial charge on any atom is -0.493 e. The molecule has 0 aromatic heterocycles. The van der Waals surface area contributed by atoms with Crippen LogP contribution < -0.4 is 9.47 Å². The first-order valence-electron chi connectivity index (χ1n) is 11.1. The fourth-order valence-electron chi connectivity index (χ4n) is 5.39. The summed E-state index contributed by atoms with van der Waals surface area (Å²) in [6, 6.07) is 10.6. The second kappa shape index (κ2) is 7.51. The van der Waals surface area contributed by atoms with E-state index >= 15 is 0 Å². The Balaban J connectivity index is 1.71. The van der Waals surface area contributed by atoms with Gasteiger partial charge >= 0.3 is 0 Å². The van der Waals surface area contributed by atoms with E-state index in [-0.39, 0.29) is 22.9 Å². The second-order valence-corrected chi connectivity index (χ2v) is 9.65. The molecule has 5 rings (SSSR count). The summed E-state index contributed by atoms with van der Waals surface area (Å²) < 4.78 is 24.8. The van der Waals surface area contributed by atoms with Crippen molar-refractivity contribution in [2.45, 2.75) is 39.0 Å². The van der Waals surface area contributed by atoms with Gasteiger partial charge in [0.2, 0.25) is 0 Å². The van der Waals surface area contributed by atoms with Gasteiger partial charge in [-0.25, -0.2) is 4.39 Å². The van der Waals surface area contributed by atoms with Gasteiger partial charge in [-0.1, -0.05) is 26.0 Å². The van der Waals surface area contributed by atoms with E-state index in [1.807, 2.05) is 6.07 Å². The van der Waals surface area contributed by atoms with Crippen molar-refractivity contribution < 1.29 is 18.7 Å². The molecule has 0 fully saturated rings. The Bertz CT molecular complexity index is 1160. The summed E-state index contributed by atoms with van der Waals surface area (Å²) in [6.07, 6.45) is 4.40. The topological polar surface area (TPSA) is 38.8 Å². The van der Waals surface area contributed by atoms with Crippen LogP contribution in [0.1, 0.15) is 49.3 Å². The summed E-state index contributed by atoms with van der Waals surface area (Å²) in [6.45, 7) is 5.13. The molecule has 2 aromatic carbocycles. The number of allylic oxidation sites excluding steroid dienone is 3. The number of rotatable bonds is 3. The van der Waals surface area contributed by atoms with Crippen molar-refractivity contribution in [1.29, 1.82) is 0 Å². The second-order valence-electron chi connectivity index (χ2n) is 9.65. The first-order chi connectivity index (χ1) is 15.3. The largest absolute Gasteiger partial charge is 0.493 e. The first kappa shape index (κ1) is 20.8. The molecule has 0 spiro atoms. The molecule has 3 aliphatic rings. The van der Waals surface area contributed by atoms with E-state index in [2.05, 4.69) is 30.9 Å². The standard InChI is InChI=1S/C27H28FNO3/c1-27(2)14-22-26(23(30)15-27)20(16-5-7-18(28)8-6-16)12-21-19-13-25(32-4)24(31-3)11-17(19)9-10-29(21)22/h5-8,11-13,20H,9-10,14-15H2,1-4H3/t20-/m0/s1. The zero-order valence-corrected chi connectivity index (χ0v) is 19.0. The van der Waals surface area contributed by atoms with Crippen LogP contribution in [0.5, 0.6) is 11.5 Å². The number of halogens is 1. The highest BCUT2D eigenvalue weighted by molar-refractivity contribution is 6.01. The maximum atomic E-state index is 13.7. The predicted octanol–water partition coefficient (Wildman–Crippen LogP) is 5.48. The average molecular weight is 434 g/mol. The maximum Gasteiger partial charge on any atom is 0.162 e. The van der Waals surface area contributed by atoms with Crippen LogP contribution in [0.15, 0.2) is 53.7 Å². The number of Topliss-reactive ketones (excluding diaryl/α,β-unsaturated/α-hetero) is 1. The SMILES string of the molecule is COc1cc2c(cc1OC)C1=C[C@@H](c3ccc(F)cc3)C3=C(CC(C)(C)CC3=O)N1CC2. The lowest BCUT2D eigenvalue weighted by molar-refractivity contribution is -0.118. The Morgan fingerprint density at radius 1 is 1.03 bits per heavy atom. The van der Waals surface area contributed by atoms with E-state index in [9.17, 15) is 9.18 Å². The quantitative estimate of drug-likeness (QED) is 0.642. The molecule has 4 nitrogen and oxygen atoms in total. The number of ketones is 1. The van der Waals surface area contributed by atoms with Crippen molar-refractivity contribution in [3.05, 3.63) is 76.3 Å². The Kier molecular flexibility index (Phi) is 4.88. The third-order valence-corrected chi connectivity index (χ3v) is 6.87. The molecule has 32 heavy (non-hydrogen) atoms. The summed E-state index contributed by atoms with van der Waals surface area (Å²) >= 11 is 0. The summed E-state index contributed by atoms with van der Waals surface area (Å²) in [4.78, 5) is 15.7. The first-order valence-corrected chi connectivity index (χ1v) is 11.1. The molecule has 0 saturated carbocycles. The molecule has 0 N–H and O–H groups in total. The number of hydrogen-bond donors (Lipinski definition) is 0. The summed E-state index contributed by atoms with van der Waals surface area (Å²) in [5, 5.41) is 0. The number of hydrogen-bond acceptors (Lipinski definition) is 4. The van der Waals surface area contributed by atoms with Crippen molar-refractivity contribution in [2.24, 2.45) is 5.41 Å². The van der Waals surface area contributed by atoms with Crippen molar-refractivity contribution in [3.8, 4) is 11.5 Å². The average Bonchev–Trinajstić information content (AvgIpc) is 2.77. The minimum absolute atomic E-state index is 0.0937. The summed E-state index contributed by atoms with van der Waals surface area (Å²) in [5.41, 5.74) is 6.21. The van der Waals surface area contributed by atoms with Crippen LogP contribution in [0.2, 0.25) is 0 Å². The molecule has 0 unspecified atom stereocenters. The molecular formula is C27H28FNO3. The lowest BCUT2D eigenvalue weighted by atomic mass is 9.69. The van der Waals surface area contributed by atoms with Crippen molar-refractivity contribution in [2.75, 3.05) is 20.8 Å². The lowest BCUT2D eigenvalue weighted by Gasteiger charge is -2.46. The Hall–Kier alpha value is -3.08. The fourth-order valence-corrected chi connectivity index (χ4v) is 5.39. The van der Waals surface area contributed by atoms with E-state index < -0.39 is 0 Å². The van der Waals surface area contributed by atoms with Crippen LogP contribution in [0.25, 0.3) is 5.70 Å². The van der Waals surface area contributed by atoms with E-state index in [0.29, 0.717) is 12.2 Å². The van der Waals surface area contributed by atoms with Gasteiger partial charge in [0.1, 0.15) is 5.82 Å². The molecule has 0 bridgehead atoms. The van der Waals surface area contributed by atoms with E-state index in [4.69, 9.17) is 9.47 Å². The fraction of sp³-hybridized carbons (Fsp3) is 0.370. The molecule has 2 aliphatic heterocycles. The third-order valence-electron chi connectivity index (χ3n) is 6.87. The molecule has 1 atom stereocenters. The normalized spacial score (nSPS) is 21.4. The minimum atomic E-state index is -0.274. The number of carbonyl (C=O) groups excluding carboxylic acids is 1. The Morgan fingerprint density at radius 2 is 1.72 bits per heavy atom. The highest BCUT2D eigenvalue weighted by atomic mass is 19.1. The van der Waals surface area contributed by atoms with Crippen LogP contribution in [0.4, 0.5) is 4.39 Å². The van der Waals surface area contributed by atoms with Gasteiger partial charge in [-0.15, -0.1) is 0 Å². The molecular weight excluding hydrogens is 405 g/mol. The van der Waals surface area contributed by atoms with E-state index in [0.717, 1.165) is 53.2 Å². The molecule has 0 saturated heterocycles. The Morgan fingerprint density at radius 3 is 2.41 bits per heavy atom. The zero-order chi connectivity index (χ0) is 22.6.